The second kappa shape index (κ2) is 8.25. The Morgan fingerprint density at radius 2 is 1.93 bits per heavy atom. The Kier molecular flexibility index (Phi) is 5.35. The Hall–Kier alpha value is -3.86. The largest absolute Gasteiger partial charge is 0.493 e. The first-order valence-electron chi connectivity index (χ1n) is 9.51. The molecule has 2 aromatic carbocycles. The molecule has 0 bridgehead atoms. The summed E-state index contributed by atoms with van der Waals surface area (Å²) in [7, 11) is 3.14. The van der Waals surface area contributed by atoms with Crippen LogP contribution in [0.2, 0.25) is 0 Å². The molecule has 1 unspecified atom stereocenters. The number of rotatable bonds is 5. The van der Waals surface area contributed by atoms with E-state index in [9.17, 15) is 4.79 Å². The summed E-state index contributed by atoms with van der Waals surface area (Å²) in [5.74, 6) is 1.88. The molecule has 1 amide bonds. The third-order valence-corrected chi connectivity index (χ3v) is 5.14. The Balaban J connectivity index is 1.57. The number of nitriles is 1. The van der Waals surface area contributed by atoms with Crippen LogP contribution in [0.15, 0.2) is 47.0 Å². The summed E-state index contributed by atoms with van der Waals surface area (Å²) in [5, 5.41) is 13.0. The molecule has 1 aliphatic rings. The lowest BCUT2D eigenvalue weighted by Gasteiger charge is -2.21. The van der Waals surface area contributed by atoms with Crippen LogP contribution >= 0.6 is 0 Å². The highest BCUT2D eigenvalue weighted by molar-refractivity contribution is 5.94. The first-order valence-corrected chi connectivity index (χ1v) is 9.51. The number of aromatic nitrogens is 2. The molecule has 0 aliphatic carbocycles. The van der Waals surface area contributed by atoms with Gasteiger partial charge in [0.1, 0.15) is 6.04 Å². The number of nitrogens with zero attached hydrogens (tertiary/aromatic N) is 4. The summed E-state index contributed by atoms with van der Waals surface area (Å²) < 4.78 is 16.1. The van der Waals surface area contributed by atoms with E-state index in [1.165, 1.54) is 0 Å². The van der Waals surface area contributed by atoms with E-state index < -0.39 is 0 Å². The minimum absolute atomic E-state index is 0.118. The van der Waals surface area contributed by atoms with Crippen molar-refractivity contribution in [3.8, 4) is 29.0 Å². The monoisotopic (exact) mass is 404 g/mol. The average molecular weight is 404 g/mol. The maximum atomic E-state index is 13.0. The molecule has 1 aromatic heterocycles. The molecule has 30 heavy (non-hydrogen) atoms. The Bertz CT molecular complexity index is 1100. The summed E-state index contributed by atoms with van der Waals surface area (Å²) in [4.78, 5) is 19.3. The topological polar surface area (TPSA) is 101 Å². The van der Waals surface area contributed by atoms with Gasteiger partial charge in [-0.1, -0.05) is 5.16 Å². The lowest BCUT2D eigenvalue weighted by Crippen LogP contribution is -2.30. The van der Waals surface area contributed by atoms with E-state index >= 15 is 0 Å². The standard InChI is InChI=1S/C22H20N4O4/c1-28-18-10-9-16(12-19(18)29-2)20-24-21(30-25-20)17-4-3-11-26(17)22(27)15-7-5-14(13-23)6-8-15/h5-10,12,17H,3-4,11H2,1-2H3. The van der Waals surface area contributed by atoms with Gasteiger partial charge in [-0.15, -0.1) is 0 Å². The molecule has 152 valence electrons. The van der Waals surface area contributed by atoms with Gasteiger partial charge in [-0.3, -0.25) is 4.79 Å². The molecule has 8 nitrogen and oxygen atoms in total. The van der Waals surface area contributed by atoms with Crippen molar-refractivity contribution in [3.63, 3.8) is 0 Å². The van der Waals surface area contributed by atoms with Crippen molar-refractivity contribution in [2.45, 2.75) is 18.9 Å². The van der Waals surface area contributed by atoms with Crippen molar-refractivity contribution in [3.05, 3.63) is 59.5 Å². The average Bonchev–Trinajstić information content (AvgIpc) is 3.47. The van der Waals surface area contributed by atoms with Crippen LogP contribution in [-0.4, -0.2) is 41.7 Å². The van der Waals surface area contributed by atoms with Gasteiger partial charge in [0.15, 0.2) is 11.5 Å². The highest BCUT2D eigenvalue weighted by Crippen LogP contribution is 2.35. The van der Waals surface area contributed by atoms with Gasteiger partial charge < -0.3 is 18.9 Å². The maximum absolute atomic E-state index is 13.0. The minimum atomic E-state index is -0.283. The van der Waals surface area contributed by atoms with E-state index in [0.29, 0.717) is 40.9 Å². The van der Waals surface area contributed by atoms with Crippen LogP contribution in [0.1, 0.15) is 40.7 Å². The first kappa shape index (κ1) is 19.5. The number of ether oxygens (including phenoxy) is 2. The van der Waals surface area contributed by atoms with Crippen LogP contribution in [0.5, 0.6) is 11.5 Å². The minimum Gasteiger partial charge on any atom is -0.493 e. The van der Waals surface area contributed by atoms with Crippen LogP contribution in [0.25, 0.3) is 11.4 Å². The van der Waals surface area contributed by atoms with Gasteiger partial charge in [0.25, 0.3) is 5.91 Å². The molecule has 0 spiro atoms. The molecule has 1 saturated heterocycles. The zero-order valence-electron chi connectivity index (χ0n) is 16.7. The van der Waals surface area contributed by atoms with Crippen LogP contribution < -0.4 is 9.47 Å². The molecule has 3 aromatic rings. The second-order valence-corrected chi connectivity index (χ2v) is 6.87. The van der Waals surface area contributed by atoms with Gasteiger partial charge in [0, 0.05) is 17.7 Å². The second-order valence-electron chi connectivity index (χ2n) is 6.87. The molecule has 2 heterocycles. The van der Waals surface area contributed by atoms with Gasteiger partial charge in [-0.25, -0.2) is 0 Å². The molecule has 8 heteroatoms. The third-order valence-electron chi connectivity index (χ3n) is 5.14. The van der Waals surface area contributed by atoms with E-state index in [2.05, 4.69) is 16.2 Å². The van der Waals surface area contributed by atoms with Crippen molar-refractivity contribution in [2.75, 3.05) is 20.8 Å². The van der Waals surface area contributed by atoms with E-state index in [1.54, 1.807) is 55.5 Å². The summed E-state index contributed by atoms with van der Waals surface area (Å²) in [6, 6.07) is 13.8. The molecular formula is C22H20N4O4. The summed E-state index contributed by atoms with van der Waals surface area (Å²) in [6.07, 6.45) is 1.59. The van der Waals surface area contributed by atoms with Crippen molar-refractivity contribution in [1.82, 2.24) is 15.0 Å². The molecule has 0 saturated carbocycles. The Morgan fingerprint density at radius 3 is 2.63 bits per heavy atom. The van der Waals surface area contributed by atoms with Crippen molar-refractivity contribution >= 4 is 5.91 Å². The van der Waals surface area contributed by atoms with Crippen molar-refractivity contribution in [1.29, 1.82) is 5.26 Å². The SMILES string of the molecule is COc1ccc(-c2noc(C3CCCN3C(=O)c3ccc(C#N)cc3)n2)cc1OC. The number of likely N-dealkylation sites (tertiary alicyclic amines) is 1. The lowest BCUT2D eigenvalue weighted by atomic mass is 10.1. The molecule has 4 rings (SSSR count). The highest BCUT2D eigenvalue weighted by atomic mass is 16.5. The lowest BCUT2D eigenvalue weighted by molar-refractivity contribution is 0.0710. The number of amides is 1. The van der Waals surface area contributed by atoms with Gasteiger partial charge in [-0.2, -0.15) is 10.2 Å². The number of carbonyl (C=O) groups is 1. The third kappa shape index (κ3) is 3.57. The van der Waals surface area contributed by atoms with E-state index in [-0.39, 0.29) is 11.9 Å². The predicted molar refractivity (Wildman–Crippen MR) is 107 cm³/mol. The van der Waals surface area contributed by atoms with Crippen LogP contribution in [0.3, 0.4) is 0 Å². The Labute approximate surface area is 173 Å². The summed E-state index contributed by atoms with van der Waals surface area (Å²) in [6.45, 7) is 0.609. The van der Waals surface area contributed by atoms with E-state index in [4.69, 9.17) is 19.3 Å². The smallest absolute Gasteiger partial charge is 0.254 e. The van der Waals surface area contributed by atoms with Gasteiger partial charge in [-0.05, 0) is 55.3 Å². The molecule has 1 aliphatic heterocycles. The van der Waals surface area contributed by atoms with Crippen LogP contribution in [0.4, 0.5) is 0 Å². The van der Waals surface area contributed by atoms with E-state index in [1.807, 2.05) is 6.07 Å². The fourth-order valence-corrected chi connectivity index (χ4v) is 3.58. The molecular weight excluding hydrogens is 384 g/mol. The molecule has 1 atom stereocenters. The number of hydrogen-bond acceptors (Lipinski definition) is 7. The summed E-state index contributed by atoms with van der Waals surface area (Å²) >= 11 is 0. The van der Waals surface area contributed by atoms with Crippen LogP contribution in [-0.2, 0) is 0 Å². The molecule has 1 fully saturated rings. The number of hydrogen-bond donors (Lipinski definition) is 0. The number of benzene rings is 2. The van der Waals surface area contributed by atoms with Crippen LogP contribution in [0, 0.1) is 11.3 Å². The van der Waals surface area contributed by atoms with Gasteiger partial charge in [0.2, 0.25) is 11.7 Å². The normalized spacial score (nSPS) is 15.6. The number of methoxy groups -OCH3 is 2. The van der Waals surface area contributed by atoms with Gasteiger partial charge >= 0.3 is 0 Å². The number of carbonyl (C=O) groups excluding carboxylic acids is 1. The summed E-state index contributed by atoms with van der Waals surface area (Å²) in [5.41, 5.74) is 1.77. The fourth-order valence-electron chi connectivity index (χ4n) is 3.58. The quantitative estimate of drug-likeness (QED) is 0.640. The van der Waals surface area contributed by atoms with E-state index in [0.717, 1.165) is 18.4 Å². The molecule has 0 radical (unpaired) electrons. The van der Waals surface area contributed by atoms with Crippen molar-refractivity contribution < 1.29 is 18.8 Å². The highest BCUT2D eigenvalue weighted by Gasteiger charge is 2.34. The zero-order valence-corrected chi connectivity index (χ0v) is 16.7. The van der Waals surface area contributed by atoms with Gasteiger partial charge in [0.05, 0.1) is 25.9 Å². The zero-order chi connectivity index (χ0) is 21.1. The maximum Gasteiger partial charge on any atom is 0.254 e. The molecule has 0 N–H and O–H groups in total. The predicted octanol–water partition coefficient (Wildman–Crippen LogP) is 3.60. The first-order chi connectivity index (χ1) is 14.6. The Morgan fingerprint density at radius 1 is 1.17 bits per heavy atom. The fraction of sp³-hybridized carbons (Fsp3) is 0.273. The van der Waals surface area contributed by atoms with Crippen molar-refractivity contribution in [2.24, 2.45) is 0 Å².